The predicted molar refractivity (Wildman–Crippen MR) is 122 cm³/mol. The van der Waals surface area contributed by atoms with Gasteiger partial charge in [-0.15, -0.1) is 0 Å². The number of benzene rings is 2. The van der Waals surface area contributed by atoms with Crippen molar-refractivity contribution < 1.29 is 39.7 Å². The third-order valence-corrected chi connectivity index (χ3v) is 4.98. The van der Waals surface area contributed by atoms with Gasteiger partial charge in [-0.2, -0.15) is 0 Å². The highest BCUT2D eigenvalue weighted by atomic mass is 16.5. The number of rotatable bonds is 6. The van der Waals surface area contributed by atoms with Crippen molar-refractivity contribution in [3.05, 3.63) is 64.7 Å². The maximum Gasteiger partial charge on any atom is 0.255 e. The minimum absolute atomic E-state index is 0.220. The van der Waals surface area contributed by atoms with E-state index in [2.05, 4.69) is 10.1 Å². The number of ether oxygens (including phenoxy) is 1. The van der Waals surface area contributed by atoms with Gasteiger partial charge in [-0.25, -0.2) is 0 Å². The first-order valence-electron chi connectivity index (χ1n) is 17.4. The van der Waals surface area contributed by atoms with Crippen LogP contribution in [-0.2, 0) is 33.8 Å². The molecule has 3 amide bonds. The van der Waals surface area contributed by atoms with Crippen LogP contribution < -0.4 is 10.6 Å². The Bertz CT molecular complexity index is 1680. The number of anilines is 1. The predicted octanol–water partition coefficient (Wildman–Crippen LogP) is 1.89. The first kappa shape index (κ1) is 10.4. The maximum atomic E-state index is 13.4. The van der Waals surface area contributed by atoms with Crippen molar-refractivity contribution in [3.8, 4) is 0 Å². The lowest BCUT2D eigenvalue weighted by Crippen LogP contribution is -2.52. The van der Waals surface area contributed by atoms with Crippen molar-refractivity contribution in [2.24, 2.45) is 0 Å². The Morgan fingerprint density at radius 3 is 2.64 bits per heavy atom. The summed E-state index contributed by atoms with van der Waals surface area (Å²) >= 11 is 0. The molecule has 8 nitrogen and oxygen atoms in total. The summed E-state index contributed by atoms with van der Waals surface area (Å²) in [4.78, 5) is 37.9. The van der Waals surface area contributed by atoms with Crippen molar-refractivity contribution in [2.45, 2.75) is 38.4 Å². The van der Waals surface area contributed by atoms with E-state index in [0.717, 1.165) is 24.3 Å². The molecule has 0 spiro atoms. The molecule has 3 aliphatic heterocycles. The minimum atomic E-state index is -3.55. The fourth-order valence-electron chi connectivity index (χ4n) is 3.39. The summed E-state index contributed by atoms with van der Waals surface area (Å²) in [5, 5.41) is 4.44. The zero-order chi connectivity index (χ0) is 36.3. The molecule has 2 fully saturated rings. The summed E-state index contributed by atoms with van der Waals surface area (Å²) in [6, 6.07) is 5.28. The van der Waals surface area contributed by atoms with E-state index >= 15 is 0 Å². The Labute approximate surface area is 214 Å². The zero-order valence-corrected chi connectivity index (χ0v) is 17.0. The summed E-state index contributed by atoms with van der Waals surface area (Å²) in [5.41, 5.74) is -1.63. The molecular formula is C25H28N4O4. The van der Waals surface area contributed by atoms with Gasteiger partial charge in [-0.3, -0.25) is 24.6 Å². The van der Waals surface area contributed by atoms with E-state index < -0.39 is 81.3 Å². The summed E-state index contributed by atoms with van der Waals surface area (Å²) < 4.78 is 129. The van der Waals surface area contributed by atoms with Gasteiger partial charge in [-0.05, 0) is 29.7 Å². The minimum Gasteiger partial charge on any atom is -0.381 e. The zero-order valence-electron chi connectivity index (χ0n) is 32.0. The van der Waals surface area contributed by atoms with Gasteiger partial charge in [0.1, 0.15) is 6.02 Å². The summed E-state index contributed by atoms with van der Waals surface area (Å²) in [7, 11) is 0. The molecule has 1 atom stereocenters. The highest BCUT2D eigenvalue weighted by Crippen LogP contribution is 2.32. The Hall–Kier alpha value is -3.23. The van der Waals surface area contributed by atoms with Crippen LogP contribution in [0.5, 0.6) is 0 Å². The second-order valence-corrected chi connectivity index (χ2v) is 7.11. The lowest BCUT2D eigenvalue weighted by Gasteiger charge is -2.29. The van der Waals surface area contributed by atoms with Gasteiger partial charge in [0, 0.05) is 63.9 Å². The average Bonchev–Trinajstić information content (AvgIpc) is 3.14. The largest absolute Gasteiger partial charge is 0.381 e. The van der Waals surface area contributed by atoms with Crippen molar-refractivity contribution in [3.63, 3.8) is 0 Å². The molecule has 2 N–H and O–H groups in total. The highest BCUT2D eigenvalue weighted by Gasteiger charge is 2.39. The molecule has 3 aliphatic rings. The van der Waals surface area contributed by atoms with Gasteiger partial charge in [-0.1, -0.05) is 30.3 Å². The third-order valence-electron chi connectivity index (χ3n) is 4.98. The number of nitrogens with one attached hydrogen (secondary N) is 2. The Kier molecular flexibility index (Phi) is 2.93. The smallest absolute Gasteiger partial charge is 0.255 e. The number of hydrogen-bond acceptors (Lipinski definition) is 6. The van der Waals surface area contributed by atoms with E-state index in [1.54, 1.807) is 0 Å². The molecule has 0 aliphatic carbocycles. The lowest BCUT2D eigenvalue weighted by atomic mass is 10.0. The monoisotopic (exact) mass is 463 g/mol. The second-order valence-electron chi connectivity index (χ2n) is 7.11. The van der Waals surface area contributed by atoms with E-state index in [1.165, 1.54) is 18.2 Å². The first-order valence-corrected chi connectivity index (χ1v) is 9.88. The van der Waals surface area contributed by atoms with Crippen LogP contribution in [-0.4, -0.2) is 59.7 Å². The Morgan fingerprint density at radius 2 is 1.88 bits per heavy atom. The van der Waals surface area contributed by atoms with Gasteiger partial charge in [0.2, 0.25) is 11.8 Å². The number of amides is 3. The van der Waals surface area contributed by atoms with Crippen LogP contribution in [0.3, 0.4) is 0 Å². The molecule has 0 bridgehead atoms. The van der Waals surface area contributed by atoms with Crippen LogP contribution in [0, 0.1) is 0 Å². The number of carbonyl (C=O) groups excluding carboxylic acids is 3. The molecule has 5 rings (SSSR count). The quantitative estimate of drug-likeness (QED) is 0.636. The molecule has 3 heterocycles. The van der Waals surface area contributed by atoms with Crippen LogP contribution in [0.2, 0.25) is 0 Å². The number of nitrogens with zero attached hydrogens (tertiary/aromatic N) is 2. The number of piperidine rings is 1. The van der Waals surface area contributed by atoms with E-state index in [-0.39, 0.29) is 33.7 Å². The molecule has 0 radical (unpaired) electrons. The van der Waals surface area contributed by atoms with Gasteiger partial charge in [0.05, 0.1) is 25.5 Å². The first-order chi connectivity index (χ1) is 21.7. The fourth-order valence-corrected chi connectivity index (χ4v) is 3.39. The maximum absolute atomic E-state index is 13.4. The second kappa shape index (κ2) is 9.33. The van der Waals surface area contributed by atoms with Crippen LogP contribution in [0.4, 0.5) is 5.69 Å². The third kappa shape index (κ3) is 4.62. The van der Waals surface area contributed by atoms with Gasteiger partial charge in [0.15, 0.2) is 0 Å². The van der Waals surface area contributed by atoms with Crippen LogP contribution in [0.15, 0.2) is 42.5 Å². The van der Waals surface area contributed by atoms with Gasteiger partial charge < -0.3 is 15.0 Å². The summed E-state index contributed by atoms with van der Waals surface area (Å²) in [6.45, 7) is -22.8. The molecule has 0 aromatic heterocycles. The Morgan fingerprint density at radius 1 is 1.12 bits per heavy atom. The molecule has 8 heteroatoms. The van der Waals surface area contributed by atoms with Crippen LogP contribution in [0.25, 0.3) is 0 Å². The lowest BCUT2D eigenvalue weighted by molar-refractivity contribution is -0.136. The summed E-state index contributed by atoms with van der Waals surface area (Å²) in [6.07, 6.45) is -0.809. The van der Waals surface area contributed by atoms with E-state index in [4.69, 9.17) is 20.6 Å². The molecule has 172 valence electrons. The molecule has 2 aromatic rings. The van der Waals surface area contributed by atoms with Crippen molar-refractivity contribution in [2.75, 3.05) is 31.4 Å². The topological polar surface area (TPSA) is 91.0 Å². The number of hydrogen-bond donors (Lipinski definition) is 2. The van der Waals surface area contributed by atoms with Crippen LogP contribution in [0.1, 0.15) is 60.5 Å². The van der Waals surface area contributed by atoms with E-state index in [1.807, 2.05) is 5.32 Å². The Balaban J connectivity index is 1.48. The van der Waals surface area contributed by atoms with E-state index in [0.29, 0.717) is 4.90 Å². The molecular weight excluding hydrogens is 420 g/mol. The molecule has 2 aromatic carbocycles. The van der Waals surface area contributed by atoms with Gasteiger partial charge >= 0.3 is 0 Å². The SMILES string of the molecule is [2H]C([2H])(Nc1cccc2c1C([2H])([2H])N([C@@]1([2H])CCC(=O)NC1=O)C2=O)c1ccc(C([2H])([2H])N2C([2H])([2H])C([2H])([2H])OC([2H])([2H])C2([2H])[2H])cc1. The van der Waals surface area contributed by atoms with Crippen molar-refractivity contribution >= 4 is 23.4 Å². The molecule has 0 saturated carbocycles. The molecule has 0 unspecified atom stereocenters. The van der Waals surface area contributed by atoms with Gasteiger partial charge in [0.25, 0.3) is 5.91 Å². The highest BCUT2D eigenvalue weighted by molar-refractivity contribution is 6.06. The molecule has 2 saturated heterocycles. The fraction of sp³-hybridized carbons (Fsp3) is 0.400. The molecule has 33 heavy (non-hydrogen) atoms. The number of carbonyl (C=O) groups is 3. The standard InChI is InChI=1S/C25H28N4O4/c30-23-9-8-22(24(31)27-23)29-16-20-19(25(29)32)2-1-3-21(20)26-14-17-4-6-18(7-5-17)15-28-10-12-33-13-11-28/h1-7,22,26H,8-16H2,(H,27,30,31)/t22-/m0/s1/i10D2,11D2,12D2,13D2,14D2,15D2,16D2,22D. The van der Waals surface area contributed by atoms with Crippen molar-refractivity contribution in [1.82, 2.24) is 15.1 Å². The normalized spacial score (nSPS) is 38.6. The average molecular weight is 464 g/mol. The summed E-state index contributed by atoms with van der Waals surface area (Å²) in [5.74, 6) is -2.92. The van der Waals surface area contributed by atoms with Crippen LogP contribution >= 0.6 is 0 Å². The number of morpholine rings is 1. The van der Waals surface area contributed by atoms with E-state index in [9.17, 15) is 14.4 Å². The van der Waals surface area contributed by atoms with Crippen molar-refractivity contribution in [1.29, 1.82) is 0 Å². The number of fused-ring (bicyclic) bond motifs is 1. The number of imide groups is 1.